The van der Waals surface area contributed by atoms with Crippen molar-refractivity contribution < 1.29 is 9.84 Å². The van der Waals surface area contributed by atoms with Gasteiger partial charge in [-0.15, -0.1) is 0 Å². The number of hydrogen-bond acceptors (Lipinski definition) is 3. The van der Waals surface area contributed by atoms with Crippen molar-refractivity contribution in [2.45, 2.75) is 37.6 Å². The summed E-state index contributed by atoms with van der Waals surface area (Å²) in [5.74, 6) is 0. The van der Waals surface area contributed by atoms with Crippen molar-refractivity contribution in [3.63, 3.8) is 0 Å². The van der Waals surface area contributed by atoms with Gasteiger partial charge < -0.3 is 15.6 Å². The van der Waals surface area contributed by atoms with Crippen LogP contribution < -0.4 is 5.73 Å². The monoisotopic (exact) mass is 173 g/mol. The molecular weight excluding hydrogens is 154 g/mol. The van der Waals surface area contributed by atoms with E-state index in [2.05, 4.69) is 0 Å². The Morgan fingerprint density at radius 3 is 2.58 bits per heavy atom. The Balaban J connectivity index is 2.05. The molecule has 0 aliphatic heterocycles. The number of ether oxygens (including phenoxy) is 1. The molecule has 0 heterocycles. The van der Waals surface area contributed by atoms with Crippen LogP contribution in [0.2, 0.25) is 0 Å². The van der Waals surface area contributed by atoms with E-state index in [0.717, 1.165) is 19.3 Å². The van der Waals surface area contributed by atoms with E-state index in [1.165, 1.54) is 12.8 Å². The predicted octanol–water partition coefficient (Wildman–Crippen LogP) is 0.657. The third kappa shape index (κ3) is 3.09. The quantitative estimate of drug-likeness (QED) is 0.600. The van der Waals surface area contributed by atoms with Crippen LogP contribution in [0, 0.1) is 0 Å². The first-order valence-corrected chi connectivity index (χ1v) is 4.74. The maximum absolute atomic E-state index is 8.51. The Kier molecular flexibility index (Phi) is 3.98. The van der Waals surface area contributed by atoms with Crippen LogP contribution in [0.1, 0.15) is 32.1 Å². The maximum Gasteiger partial charge on any atom is 0.0646 e. The van der Waals surface area contributed by atoms with Crippen LogP contribution >= 0.6 is 0 Å². The van der Waals surface area contributed by atoms with Gasteiger partial charge in [0.15, 0.2) is 0 Å². The topological polar surface area (TPSA) is 55.5 Å². The predicted molar refractivity (Wildman–Crippen MR) is 47.9 cm³/mol. The van der Waals surface area contributed by atoms with Gasteiger partial charge in [0, 0.05) is 18.8 Å². The van der Waals surface area contributed by atoms with Crippen molar-refractivity contribution in [1.29, 1.82) is 0 Å². The first-order valence-electron chi connectivity index (χ1n) is 4.74. The van der Waals surface area contributed by atoms with Crippen LogP contribution in [0.5, 0.6) is 0 Å². The fourth-order valence-corrected chi connectivity index (χ4v) is 1.67. The van der Waals surface area contributed by atoms with Gasteiger partial charge in [-0.2, -0.15) is 0 Å². The highest BCUT2D eigenvalue weighted by Gasteiger charge is 2.29. The normalized spacial score (nSPS) is 21.5. The number of rotatable bonds is 5. The molecule has 0 aromatic heterocycles. The van der Waals surface area contributed by atoms with Crippen LogP contribution in [0.3, 0.4) is 0 Å². The lowest BCUT2D eigenvalue weighted by molar-refractivity contribution is 0.0757. The molecule has 3 nitrogen and oxygen atoms in total. The molecule has 0 amide bonds. The molecule has 3 heteroatoms. The average molecular weight is 173 g/mol. The van der Waals surface area contributed by atoms with Gasteiger partial charge in [0.05, 0.1) is 6.61 Å². The highest BCUT2D eigenvalue weighted by Crippen LogP contribution is 2.27. The molecule has 0 aromatic carbocycles. The molecule has 1 saturated carbocycles. The fraction of sp³-hybridized carbons (Fsp3) is 1.00. The van der Waals surface area contributed by atoms with Gasteiger partial charge in [-0.25, -0.2) is 0 Å². The van der Waals surface area contributed by atoms with Gasteiger partial charge in [-0.3, -0.25) is 0 Å². The molecule has 1 fully saturated rings. The van der Waals surface area contributed by atoms with E-state index >= 15 is 0 Å². The van der Waals surface area contributed by atoms with E-state index in [9.17, 15) is 0 Å². The molecule has 0 unspecified atom stereocenters. The maximum atomic E-state index is 8.51. The smallest absolute Gasteiger partial charge is 0.0646 e. The van der Waals surface area contributed by atoms with Gasteiger partial charge in [-0.05, 0) is 19.3 Å². The van der Waals surface area contributed by atoms with E-state index in [1.54, 1.807) is 0 Å². The molecule has 0 bridgehead atoms. The van der Waals surface area contributed by atoms with E-state index < -0.39 is 0 Å². The van der Waals surface area contributed by atoms with Crippen LogP contribution in [0.25, 0.3) is 0 Å². The van der Waals surface area contributed by atoms with Crippen LogP contribution in [0.4, 0.5) is 0 Å². The number of nitrogens with two attached hydrogens (primary N) is 1. The molecule has 0 radical (unpaired) electrons. The Bertz CT molecular complexity index is 122. The summed E-state index contributed by atoms with van der Waals surface area (Å²) in [6.07, 6.45) is 5.37. The van der Waals surface area contributed by atoms with Crippen molar-refractivity contribution in [2.75, 3.05) is 19.8 Å². The lowest BCUT2D eigenvalue weighted by atomic mass is 10.0. The number of aliphatic hydroxyl groups excluding tert-OH is 1. The first kappa shape index (κ1) is 9.96. The molecule has 3 N–H and O–H groups in total. The molecule has 1 aliphatic carbocycles. The molecule has 1 rings (SSSR count). The van der Waals surface area contributed by atoms with Crippen LogP contribution in [-0.4, -0.2) is 30.5 Å². The van der Waals surface area contributed by atoms with Crippen molar-refractivity contribution in [3.05, 3.63) is 0 Å². The molecule has 1 aliphatic rings. The fourth-order valence-electron chi connectivity index (χ4n) is 1.67. The summed E-state index contributed by atoms with van der Waals surface area (Å²) in [6, 6.07) is 0. The number of hydrogen-bond donors (Lipinski definition) is 2. The van der Waals surface area contributed by atoms with Gasteiger partial charge in [-0.1, -0.05) is 12.8 Å². The molecule has 12 heavy (non-hydrogen) atoms. The summed E-state index contributed by atoms with van der Waals surface area (Å²) in [5.41, 5.74) is 5.99. The summed E-state index contributed by atoms with van der Waals surface area (Å²) >= 11 is 0. The minimum atomic E-state index is -0.0601. The second kappa shape index (κ2) is 4.80. The highest BCUT2D eigenvalue weighted by atomic mass is 16.5. The second-order valence-corrected chi connectivity index (χ2v) is 3.70. The highest BCUT2D eigenvalue weighted by molar-refractivity contribution is 4.88. The minimum Gasteiger partial charge on any atom is -0.396 e. The molecule has 0 spiro atoms. The SMILES string of the molecule is NC1(COCCCO)CCCC1. The van der Waals surface area contributed by atoms with E-state index in [-0.39, 0.29) is 12.1 Å². The van der Waals surface area contributed by atoms with Gasteiger partial charge >= 0.3 is 0 Å². The van der Waals surface area contributed by atoms with E-state index in [0.29, 0.717) is 13.2 Å². The van der Waals surface area contributed by atoms with Crippen molar-refractivity contribution in [2.24, 2.45) is 5.73 Å². The minimum absolute atomic E-state index is 0.0601. The zero-order valence-corrected chi connectivity index (χ0v) is 7.59. The largest absolute Gasteiger partial charge is 0.396 e. The summed E-state index contributed by atoms with van der Waals surface area (Å²) in [6.45, 7) is 1.50. The molecule has 0 aromatic rings. The summed E-state index contributed by atoms with van der Waals surface area (Å²) in [5, 5.41) is 8.51. The third-order valence-electron chi connectivity index (χ3n) is 2.44. The first-order chi connectivity index (χ1) is 5.77. The van der Waals surface area contributed by atoms with Crippen molar-refractivity contribution in [3.8, 4) is 0 Å². The van der Waals surface area contributed by atoms with E-state index in [4.69, 9.17) is 15.6 Å². The zero-order valence-electron chi connectivity index (χ0n) is 7.59. The molecular formula is C9H19NO2. The number of aliphatic hydroxyl groups is 1. The Morgan fingerprint density at radius 2 is 2.00 bits per heavy atom. The lowest BCUT2D eigenvalue weighted by Crippen LogP contribution is -2.41. The van der Waals surface area contributed by atoms with Crippen molar-refractivity contribution in [1.82, 2.24) is 0 Å². The molecule has 72 valence electrons. The summed E-state index contributed by atoms with van der Waals surface area (Å²) in [4.78, 5) is 0. The Labute approximate surface area is 73.9 Å². The Hall–Kier alpha value is -0.120. The van der Waals surface area contributed by atoms with Crippen LogP contribution in [0.15, 0.2) is 0 Å². The van der Waals surface area contributed by atoms with E-state index in [1.807, 2.05) is 0 Å². The molecule has 0 saturated heterocycles. The summed E-state index contributed by atoms with van der Waals surface area (Å²) in [7, 11) is 0. The lowest BCUT2D eigenvalue weighted by Gasteiger charge is -2.22. The van der Waals surface area contributed by atoms with Crippen LogP contribution in [-0.2, 0) is 4.74 Å². The van der Waals surface area contributed by atoms with Crippen molar-refractivity contribution >= 4 is 0 Å². The average Bonchev–Trinajstić information content (AvgIpc) is 2.47. The third-order valence-corrected chi connectivity index (χ3v) is 2.44. The Morgan fingerprint density at radius 1 is 1.33 bits per heavy atom. The van der Waals surface area contributed by atoms with Gasteiger partial charge in [0.1, 0.15) is 0 Å². The van der Waals surface area contributed by atoms with Gasteiger partial charge in [0.2, 0.25) is 0 Å². The standard InChI is InChI=1S/C9H19NO2/c10-9(4-1-2-5-9)8-12-7-3-6-11/h11H,1-8,10H2. The second-order valence-electron chi connectivity index (χ2n) is 3.70. The zero-order chi connectivity index (χ0) is 8.86. The molecule has 0 atom stereocenters. The summed E-state index contributed by atoms with van der Waals surface area (Å²) < 4.78 is 5.38. The van der Waals surface area contributed by atoms with Gasteiger partial charge in [0.25, 0.3) is 0 Å².